The van der Waals surface area contributed by atoms with Crippen molar-refractivity contribution in [2.75, 3.05) is 0 Å². The molecule has 0 N–H and O–H groups in total. The Hall–Kier alpha value is -3.21. The molecule has 0 aliphatic rings. The molecule has 0 saturated carbocycles. The molecule has 0 saturated heterocycles. The number of rotatable bonds is 5. The number of thioether (sulfide) groups is 1. The van der Waals surface area contributed by atoms with Gasteiger partial charge in [-0.3, -0.25) is 0 Å². The van der Waals surface area contributed by atoms with E-state index in [0.29, 0.717) is 5.16 Å². The molecular formula is C20H17F3N6OS. The number of halogens is 3. The van der Waals surface area contributed by atoms with Gasteiger partial charge in [0.15, 0.2) is 0 Å². The van der Waals surface area contributed by atoms with Gasteiger partial charge in [-0.2, -0.15) is 22.8 Å². The van der Waals surface area contributed by atoms with Crippen LogP contribution in [0.25, 0.3) is 17.1 Å². The molecule has 4 rings (SSSR count). The summed E-state index contributed by atoms with van der Waals surface area (Å²) in [5.41, 5.74) is 2.39. The molecule has 2 heterocycles. The summed E-state index contributed by atoms with van der Waals surface area (Å²) in [7, 11) is 0. The zero-order valence-electron chi connectivity index (χ0n) is 16.8. The highest BCUT2D eigenvalue weighted by Crippen LogP contribution is 2.35. The highest BCUT2D eigenvalue weighted by Gasteiger charge is 2.31. The zero-order chi connectivity index (χ0) is 22.2. The van der Waals surface area contributed by atoms with Crippen LogP contribution >= 0.6 is 11.8 Å². The van der Waals surface area contributed by atoms with Crippen molar-refractivity contribution in [1.82, 2.24) is 30.3 Å². The van der Waals surface area contributed by atoms with Crippen LogP contribution in [0.3, 0.4) is 0 Å². The van der Waals surface area contributed by atoms with E-state index in [2.05, 4.69) is 25.7 Å². The van der Waals surface area contributed by atoms with Crippen LogP contribution in [0.15, 0.2) is 52.1 Å². The summed E-state index contributed by atoms with van der Waals surface area (Å²) in [6.07, 6.45) is -4.45. The van der Waals surface area contributed by atoms with Crippen molar-refractivity contribution >= 4 is 11.8 Å². The number of tetrazole rings is 1. The maximum absolute atomic E-state index is 13.0. The molecule has 1 atom stereocenters. The van der Waals surface area contributed by atoms with Gasteiger partial charge >= 0.3 is 6.18 Å². The standard InChI is InChI=1S/C20H17F3N6OS/c1-11-7-8-12(2)16(9-11)29-19(25-27-28-29)31-13(3)18-24-17(26-30-18)14-5-4-6-15(10-14)20(21,22)23/h4-10,13H,1-3H3. The molecule has 31 heavy (non-hydrogen) atoms. The Morgan fingerprint density at radius 2 is 1.90 bits per heavy atom. The first-order valence-electron chi connectivity index (χ1n) is 9.26. The molecule has 0 amide bonds. The van der Waals surface area contributed by atoms with Crippen LogP contribution in [0.4, 0.5) is 13.2 Å². The van der Waals surface area contributed by atoms with Crippen LogP contribution < -0.4 is 0 Å². The third-order valence-corrected chi connectivity index (χ3v) is 5.57. The third-order valence-electron chi connectivity index (χ3n) is 4.55. The third kappa shape index (κ3) is 4.46. The van der Waals surface area contributed by atoms with Gasteiger partial charge in [-0.15, -0.1) is 5.10 Å². The van der Waals surface area contributed by atoms with E-state index >= 15 is 0 Å². The SMILES string of the molecule is Cc1ccc(C)c(-n2nnnc2SC(C)c2nc(-c3cccc(C(F)(F)F)c3)no2)c1. The second-order valence-electron chi connectivity index (χ2n) is 6.96. The van der Waals surface area contributed by atoms with Crippen molar-refractivity contribution < 1.29 is 17.7 Å². The Kier molecular flexibility index (Phi) is 5.52. The minimum absolute atomic E-state index is 0.0858. The fraction of sp³-hybridized carbons (Fsp3) is 0.250. The lowest BCUT2D eigenvalue weighted by Gasteiger charge is -2.10. The minimum Gasteiger partial charge on any atom is -0.338 e. The summed E-state index contributed by atoms with van der Waals surface area (Å²) < 4.78 is 45.8. The lowest BCUT2D eigenvalue weighted by atomic mass is 10.1. The van der Waals surface area contributed by atoms with Crippen LogP contribution in [0, 0.1) is 13.8 Å². The van der Waals surface area contributed by atoms with Gasteiger partial charge in [-0.05, 0) is 60.5 Å². The van der Waals surface area contributed by atoms with E-state index in [0.717, 1.165) is 28.9 Å². The predicted octanol–water partition coefficient (Wildman–Crippen LogP) is 5.20. The van der Waals surface area contributed by atoms with E-state index in [1.165, 1.54) is 23.9 Å². The van der Waals surface area contributed by atoms with Crippen molar-refractivity contribution in [1.29, 1.82) is 0 Å². The summed E-state index contributed by atoms with van der Waals surface area (Å²) in [6.45, 7) is 5.78. The summed E-state index contributed by atoms with van der Waals surface area (Å²) in [4.78, 5) is 4.27. The first-order chi connectivity index (χ1) is 14.7. The average molecular weight is 446 g/mol. The number of benzene rings is 2. The minimum atomic E-state index is -4.45. The predicted molar refractivity (Wildman–Crippen MR) is 108 cm³/mol. The van der Waals surface area contributed by atoms with Crippen molar-refractivity contribution in [3.8, 4) is 17.1 Å². The summed E-state index contributed by atoms with van der Waals surface area (Å²) in [5.74, 6) is 0.343. The number of nitrogens with zero attached hydrogens (tertiary/aromatic N) is 6. The Balaban J connectivity index is 1.57. The molecule has 1 unspecified atom stereocenters. The van der Waals surface area contributed by atoms with Crippen molar-refractivity contribution in [2.45, 2.75) is 37.4 Å². The van der Waals surface area contributed by atoms with Gasteiger partial charge in [0.1, 0.15) is 0 Å². The van der Waals surface area contributed by atoms with E-state index in [1.807, 2.05) is 39.0 Å². The highest BCUT2D eigenvalue weighted by molar-refractivity contribution is 7.99. The van der Waals surface area contributed by atoms with Gasteiger partial charge in [0.25, 0.3) is 0 Å². The average Bonchev–Trinajstić information content (AvgIpc) is 3.39. The topological polar surface area (TPSA) is 82.5 Å². The smallest absolute Gasteiger partial charge is 0.338 e. The Labute approximate surface area is 179 Å². The summed E-state index contributed by atoms with van der Waals surface area (Å²) >= 11 is 1.31. The molecule has 2 aromatic carbocycles. The normalized spacial score (nSPS) is 12.8. The zero-order valence-corrected chi connectivity index (χ0v) is 17.6. The van der Waals surface area contributed by atoms with Crippen LogP contribution in [-0.2, 0) is 6.18 Å². The highest BCUT2D eigenvalue weighted by atomic mass is 32.2. The van der Waals surface area contributed by atoms with Gasteiger partial charge in [0.2, 0.25) is 16.9 Å². The van der Waals surface area contributed by atoms with Gasteiger partial charge < -0.3 is 4.52 Å². The maximum Gasteiger partial charge on any atom is 0.416 e. The van der Waals surface area contributed by atoms with Gasteiger partial charge in [-0.25, -0.2) is 0 Å². The van der Waals surface area contributed by atoms with E-state index in [4.69, 9.17) is 4.52 Å². The maximum atomic E-state index is 13.0. The van der Waals surface area contributed by atoms with E-state index < -0.39 is 11.7 Å². The second kappa shape index (κ2) is 8.14. The molecule has 2 aromatic heterocycles. The number of alkyl halides is 3. The molecule has 0 aliphatic heterocycles. The molecule has 0 aliphatic carbocycles. The van der Waals surface area contributed by atoms with Crippen LogP contribution in [0.1, 0.15) is 34.8 Å². The molecular weight excluding hydrogens is 429 g/mol. The quantitative estimate of drug-likeness (QED) is 0.390. The largest absolute Gasteiger partial charge is 0.416 e. The lowest BCUT2D eigenvalue weighted by Crippen LogP contribution is -2.04. The van der Waals surface area contributed by atoms with Gasteiger partial charge in [0, 0.05) is 5.56 Å². The van der Waals surface area contributed by atoms with E-state index in [9.17, 15) is 13.2 Å². The Bertz CT molecular complexity index is 1220. The Morgan fingerprint density at radius 3 is 2.68 bits per heavy atom. The van der Waals surface area contributed by atoms with Gasteiger partial charge in [-0.1, -0.05) is 41.2 Å². The molecule has 0 spiro atoms. The molecule has 0 radical (unpaired) electrons. The molecule has 0 bridgehead atoms. The van der Waals surface area contributed by atoms with Crippen molar-refractivity contribution in [3.05, 3.63) is 65.0 Å². The number of hydrogen-bond acceptors (Lipinski definition) is 7. The van der Waals surface area contributed by atoms with Crippen LogP contribution in [0.5, 0.6) is 0 Å². The van der Waals surface area contributed by atoms with E-state index in [-0.39, 0.29) is 22.5 Å². The van der Waals surface area contributed by atoms with Crippen LogP contribution in [0.2, 0.25) is 0 Å². The first kappa shape index (κ1) is 21.0. The second-order valence-corrected chi connectivity index (χ2v) is 8.27. The number of hydrogen-bond donors (Lipinski definition) is 0. The number of aryl methyl sites for hydroxylation is 2. The molecule has 160 valence electrons. The molecule has 11 heteroatoms. The fourth-order valence-corrected chi connectivity index (χ4v) is 3.74. The lowest BCUT2D eigenvalue weighted by molar-refractivity contribution is -0.137. The van der Waals surface area contributed by atoms with Crippen molar-refractivity contribution in [2.24, 2.45) is 0 Å². The van der Waals surface area contributed by atoms with Crippen LogP contribution in [-0.4, -0.2) is 30.3 Å². The Morgan fingerprint density at radius 1 is 1.10 bits per heavy atom. The first-order valence-corrected chi connectivity index (χ1v) is 10.1. The summed E-state index contributed by atoms with van der Waals surface area (Å²) in [6, 6.07) is 10.8. The van der Waals surface area contributed by atoms with Gasteiger partial charge in [0.05, 0.1) is 16.5 Å². The molecule has 4 aromatic rings. The monoisotopic (exact) mass is 446 g/mol. The number of aromatic nitrogens is 6. The fourth-order valence-electron chi connectivity index (χ4n) is 2.91. The molecule has 7 nitrogen and oxygen atoms in total. The summed E-state index contributed by atoms with van der Waals surface area (Å²) in [5, 5.41) is 16.0. The molecule has 0 fully saturated rings. The van der Waals surface area contributed by atoms with Crippen molar-refractivity contribution in [3.63, 3.8) is 0 Å². The van der Waals surface area contributed by atoms with E-state index in [1.54, 1.807) is 4.68 Å².